The van der Waals surface area contributed by atoms with E-state index in [9.17, 15) is 0 Å². The van der Waals surface area contributed by atoms with Gasteiger partial charge in [0.1, 0.15) is 0 Å². The van der Waals surface area contributed by atoms with E-state index in [0.29, 0.717) is 0 Å². The van der Waals surface area contributed by atoms with Gasteiger partial charge in [0.25, 0.3) is 0 Å². The largest absolute Gasteiger partial charge is 0.309 e. The van der Waals surface area contributed by atoms with Crippen LogP contribution < -0.4 is 5.32 Å². The van der Waals surface area contributed by atoms with E-state index in [4.69, 9.17) is 0 Å². The molecule has 15 heavy (non-hydrogen) atoms. The van der Waals surface area contributed by atoms with Crippen LogP contribution >= 0.6 is 12.4 Å². The van der Waals surface area contributed by atoms with Crippen LogP contribution in [0.2, 0.25) is 0 Å². The molecular weight excluding hydrogens is 212 g/mol. The van der Waals surface area contributed by atoms with E-state index < -0.39 is 0 Å². The first-order chi connectivity index (χ1) is 6.95. The Morgan fingerprint density at radius 3 is 3.00 bits per heavy atom. The van der Waals surface area contributed by atoms with Crippen molar-refractivity contribution in [3.05, 3.63) is 41.7 Å². The maximum atomic E-state index is 4.00. The molecule has 0 radical (unpaired) electrons. The summed E-state index contributed by atoms with van der Waals surface area (Å²) in [5.74, 6) is 0. The molecule has 0 aliphatic carbocycles. The SMILES string of the molecule is Cl.c1cc2c(c(-n3ccnn3)c1)CNC2. The Morgan fingerprint density at radius 2 is 2.20 bits per heavy atom. The molecular formula is C10H11ClN4. The molecule has 1 aliphatic rings. The molecule has 1 N–H and O–H groups in total. The highest BCUT2D eigenvalue weighted by Crippen LogP contribution is 2.21. The van der Waals surface area contributed by atoms with Crippen molar-refractivity contribution in [3.63, 3.8) is 0 Å². The third kappa shape index (κ3) is 1.62. The predicted molar refractivity (Wildman–Crippen MR) is 59.2 cm³/mol. The van der Waals surface area contributed by atoms with E-state index in [2.05, 4.69) is 33.8 Å². The number of fused-ring (bicyclic) bond motifs is 1. The summed E-state index contributed by atoms with van der Waals surface area (Å²) >= 11 is 0. The molecule has 1 aromatic heterocycles. The van der Waals surface area contributed by atoms with E-state index >= 15 is 0 Å². The predicted octanol–water partition coefficient (Wildman–Crippen LogP) is 1.29. The summed E-state index contributed by atoms with van der Waals surface area (Å²) in [5.41, 5.74) is 3.82. The van der Waals surface area contributed by atoms with Crippen LogP contribution in [0.15, 0.2) is 30.6 Å². The first-order valence-electron chi connectivity index (χ1n) is 4.63. The van der Waals surface area contributed by atoms with Crippen LogP contribution in [0.25, 0.3) is 5.69 Å². The Balaban J connectivity index is 0.000000853. The van der Waals surface area contributed by atoms with Crippen molar-refractivity contribution in [1.82, 2.24) is 20.3 Å². The Hall–Kier alpha value is -1.39. The number of halogens is 1. The Bertz CT molecular complexity index is 452. The van der Waals surface area contributed by atoms with Gasteiger partial charge in [-0.1, -0.05) is 17.3 Å². The normalized spacial score (nSPS) is 13.3. The minimum absolute atomic E-state index is 0. The van der Waals surface area contributed by atoms with Gasteiger partial charge in [0.2, 0.25) is 0 Å². The third-order valence-electron chi connectivity index (χ3n) is 2.53. The van der Waals surface area contributed by atoms with E-state index in [1.54, 1.807) is 6.20 Å². The number of hydrogen-bond acceptors (Lipinski definition) is 3. The maximum absolute atomic E-state index is 4.00. The van der Waals surface area contributed by atoms with Crippen molar-refractivity contribution < 1.29 is 0 Å². The first-order valence-corrected chi connectivity index (χ1v) is 4.63. The van der Waals surface area contributed by atoms with Crippen LogP contribution in [0.1, 0.15) is 11.1 Å². The molecule has 78 valence electrons. The molecule has 0 amide bonds. The molecule has 0 saturated carbocycles. The standard InChI is InChI=1S/C10H10N4.ClH/c1-2-8-6-11-7-9(8)10(3-1)14-5-4-12-13-14;/h1-5,11H,6-7H2;1H. The molecule has 1 aliphatic heterocycles. The summed E-state index contributed by atoms with van der Waals surface area (Å²) in [4.78, 5) is 0. The Labute approximate surface area is 93.7 Å². The highest BCUT2D eigenvalue weighted by Gasteiger charge is 2.14. The van der Waals surface area contributed by atoms with Gasteiger partial charge in [0, 0.05) is 13.1 Å². The second-order valence-corrected chi connectivity index (χ2v) is 3.37. The van der Waals surface area contributed by atoms with Crippen LogP contribution in [0.3, 0.4) is 0 Å². The van der Waals surface area contributed by atoms with Crippen molar-refractivity contribution in [2.45, 2.75) is 13.1 Å². The monoisotopic (exact) mass is 222 g/mol. The van der Waals surface area contributed by atoms with E-state index in [1.165, 1.54) is 11.1 Å². The summed E-state index contributed by atoms with van der Waals surface area (Å²) in [5, 5.41) is 11.1. The average Bonchev–Trinajstić information content (AvgIpc) is 2.88. The smallest absolute Gasteiger partial charge is 0.0711 e. The summed E-state index contributed by atoms with van der Waals surface area (Å²) in [6, 6.07) is 6.28. The zero-order valence-corrected chi connectivity index (χ0v) is 8.87. The molecule has 1 aromatic carbocycles. The second-order valence-electron chi connectivity index (χ2n) is 3.37. The van der Waals surface area contributed by atoms with Crippen LogP contribution in [-0.4, -0.2) is 15.0 Å². The van der Waals surface area contributed by atoms with Gasteiger partial charge in [0.15, 0.2) is 0 Å². The van der Waals surface area contributed by atoms with Crippen LogP contribution in [0.5, 0.6) is 0 Å². The maximum Gasteiger partial charge on any atom is 0.0711 e. The van der Waals surface area contributed by atoms with Crippen LogP contribution in [-0.2, 0) is 13.1 Å². The number of nitrogens with zero attached hydrogens (tertiary/aromatic N) is 3. The Kier molecular flexibility index (Phi) is 2.70. The van der Waals surface area contributed by atoms with E-state index in [-0.39, 0.29) is 12.4 Å². The first kappa shape index (κ1) is 10.1. The molecule has 0 unspecified atom stereocenters. The summed E-state index contributed by atoms with van der Waals surface area (Å²) < 4.78 is 1.81. The van der Waals surface area contributed by atoms with Gasteiger partial charge in [-0.25, -0.2) is 4.68 Å². The van der Waals surface area contributed by atoms with E-state index in [0.717, 1.165) is 18.8 Å². The van der Waals surface area contributed by atoms with E-state index in [1.807, 2.05) is 10.9 Å². The fourth-order valence-corrected chi connectivity index (χ4v) is 1.86. The third-order valence-corrected chi connectivity index (χ3v) is 2.53. The number of benzene rings is 1. The summed E-state index contributed by atoms with van der Waals surface area (Å²) in [6.45, 7) is 1.88. The number of nitrogens with one attached hydrogen (secondary N) is 1. The van der Waals surface area contributed by atoms with Gasteiger partial charge >= 0.3 is 0 Å². The molecule has 0 saturated heterocycles. The Morgan fingerprint density at radius 1 is 1.27 bits per heavy atom. The molecule has 2 heterocycles. The minimum atomic E-state index is 0. The van der Waals surface area contributed by atoms with Gasteiger partial charge in [-0.3, -0.25) is 0 Å². The highest BCUT2D eigenvalue weighted by molar-refractivity contribution is 5.85. The fraction of sp³-hybridized carbons (Fsp3) is 0.200. The van der Waals surface area contributed by atoms with Gasteiger partial charge in [-0.05, 0) is 17.2 Å². The molecule has 2 aromatic rings. The lowest BCUT2D eigenvalue weighted by Crippen LogP contribution is -2.03. The zero-order valence-electron chi connectivity index (χ0n) is 8.05. The molecule has 3 rings (SSSR count). The molecule has 4 nitrogen and oxygen atoms in total. The van der Waals surface area contributed by atoms with Gasteiger partial charge < -0.3 is 5.32 Å². The van der Waals surface area contributed by atoms with Crippen molar-refractivity contribution in [1.29, 1.82) is 0 Å². The molecule has 0 fully saturated rings. The van der Waals surface area contributed by atoms with Gasteiger partial charge in [0.05, 0.1) is 18.1 Å². The quantitative estimate of drug-likeness (QED) is 0.791. The van der Waals surface area contributed by atoms with Crippen molar-refractivity contribution in [2.24, 2.45) is 0 Å². The lowest BCUT2D eigenvalue weighted by atomic mass is 10.1. The van der Waals surface area contributed by atoms with Crippen molar-refractivity contribution >= 4 is 12.4 Å². The second kappa shape index (κ2) is 4.00. The fourth-order valence-electron chi connectivity index (χ4n) is 1.86. The molecule has 0 bridgehead atoms. The topological polar surface area (TPSA) is 42.7 Å². The van der Waals surface area contributed by atoms with Gasteiger partial charge in [-0.15, -0.1) is 17.5 Å². The zero-order chi connectivity index (χ0) is 9.38. The molecule has 5 heteroatoms. The van der Waals surface area contributed by atoms with Gasteiger partial charge in [-0.2, -0.15) is 0 Å². The van der Waals surface area contributed by atoms with Crippen molar-refractivity contribution in [2.75, 3.05) is 0 Å². The summed E-state index contributed by atoms with van der Waals surface area (Å²) in [7, 11) is 0. The van der Waals surface area contributed by atoms with Crippen molar-refractivity contribution in [3.8, 4) is 5.69 Å². The lowest BCUT2D eigenvalue weighted by Gasteiger charge is -2.05. The van der Waals surface area contributed by atoms with Crippen LogP contribution in [0.4, 0.5) is 0 Å². The number of aromatic nitrogens is 3. The number of rotatable bonds is 1. The number of hydrogen-bond donors (Lipinski definition) is 1. The highest BCUT2D eigenvalue weighted by atomic mass is 35.5. The summed E-state index contributed by atoms with van der Waals surface area (Å²) in [6.07, 6.45) is 3.57. The molecule has 0 atom stereocenters. The van der Waals surface area contributed by atoms with Crippen LogP contribution in [0, 0.1) is 0 Å². The molecule has 0 spiro atoms. The average molecular weight is 223 g/mol. The minimum Gasteiger partial charge on any atom is -0.309 e. The lowest BCUT2D eigenvalue weighted by molar-refractivity contribution is 0.752.